The van der Waals surface area contributed by atoms with E-state index in [0.29, 0.717) is 11.5 Å². The van der Waals surface area contributed by atoms with Crippen molar-refractivity contribution in [1.29, 1.82) is 0 Å². The van der Waals surface area contributed by atoms with Crippen LogP contribution in [0.25, 0.3) is 5.82 Å². The number of imidazole rings is 1. The second kappa shape index (κ2) is 9.50. The molecule has 126 valence electrons. The summed E-state index contributed by atoms with van der Waals surface area (Å²) in [5.41, 5.74) is 0.586. The lowest BCUT2D eigenvalue weighted by molar-refractivity contribution is 0.0944. The maximum Gasteiger partial charge on any atom is 0.252 e. The second-order valence-electron chi connectivity index (χ2n) is 5.30. The van der Waals surface area contributed by atoms with Crippen molar-refractivity contribution in [1.82, 2.24) is 25.2 Å². The first kappa shape index (κ1) is 19.4. The molecular formula is C15H21Cl2N5O. The molecule has 1 saturated heterocycles. The van der Waals surface area contributed by atoms with Crippen LogP contribution >= 0.6 is 24.8 Å². The van der Waals surface area contributed by atoms with Gasteiger partial charge in [-0.25, -0.2) is 9.97 Å². The van der Waals surface area contributed by atoms with E-state index in [1.54, 1.807) is 29.4 Å². The van der Waals surface area contributed by atoms with E-state index >= 15 is 0 Å². The minimum absolute atomic E-state index is 0. The van der Waals surface area contributed by atoms with Crippen molar-refractivity contribution in [2.24, 2.45) is 5.92 Å². The summed E-state index contributed by atoms with van der Waals surface area (Å²) in [6.07, 6.45) is 9.15. The summed E-state index contributed by atoms with van der Waals surface area (Å²) < 4.78 is 1.80. The maximum absolute atomic E-state index is 12.1. The number of rotatable bonds is 4. The van der Waals surface area contributed by atoms with Crippen LogP contribution in [0.2, 0.25) is 0 Å². The highest BCUT2D eigenvalue weighted by Gasteiger charge is 2.14. The van der Waals surface area contributed by atoms with Gasteiger partial charge >= 0.3 is 0 Å². The van der Waals surface area contributed by atoms with Crippen LogP contribution in [0.3, 0.4) is 0 Å². The fraction of sp³-hybridized carbons (Fsp3) is 0.400. The van der Waals surface area contributed by atoms with Crippen molar-refractivity contribution in [2.75, 3.05) is 19.6 Å². The van der Waals surface area contributed by atoms with E-state index in [1.165, 1.54) is 12.8 Å². The standard InChI is InChI=1S/C15H19N5O.2ClH/c21-15(19-9-12-2-1-5-16-8-12)13-3-4-14(18-10-13)20-7-6-17-11-20;;/h3-4,6-7,10-12,16H,1-2,5,8-9H2,(H,19,21);2*1H. The number of halogens is 2. The third kappa shape index (κ3) is 5.20. The maximum atomic E-state index is 12.1. The SMILES string of the molecule is Cl.Cl.O=C(NCC1CCCNC1)c1ccc(-n2ccnc2)nc1. The zero-order valence-corrected chi connectivity index (χ0v) is 14.3. The van der Waals surface area contributed by atoms with Crippen LogP contribution in [-0.2, 0) is 0 Å². The van der Waals surface area contributed by atoms with Crippen LogP contribution in [0.4, 0.5) is 0 Å². The average molecular weight is 358 g/mol. The molecule has 1 atom stereocenters. The van der Waals surface area contributed by atoms with Crippen molar-refractivity contribution in [3.05, 3.63) is 42.6 Å². The molecule has 6 nitrogen and oxygen atoms in total. The molecule has 0 bridgehead atoms. The van der Waals surface area contributed by atoms with Gasteiger partial charge in [0.1, 0.15) is 12.1 Å². The van der Waals surface area contributed by atoms with Crippen molar-refractivity contribution in [3.63, 3.8) is 0 Å². The topological polar surface area (TPSA) is 71.8 Å². The van der Waals surface area contributed by atoms with Crippen LogP contribution in [0.15, 0.2) is 37.1 Å². The number of hydrogen-bond acceptors (Lipinski definition) is 4. The van der Waals surface area contributed by atoms with Gasteiger partial charge in [0.15, 0.2) is 0 Å². The Kier molecular flexibility index (Phi) is 8.02. The quantitative estimate of drug-likeness (QED) is 0.875. The molecule has 0 aromatic carbocycles. The molecule has 2 aromatic rings. The molecule has 2 aromatic heterocycles. The Morgan fingerprint density at radius 3 is 2.87 bits per heavy atom. The van der Waals surface area contributed by atoms with Gasteiger partial charge in [0.2, 0.25) is 0 Å². The summed E-state index contributed by atoms with van der Waals surface area (Å²) in [5, 5.41) is 6.33. The van der Waals surface area contributed by atoms with Crippen molar-refractivity contribution in [3.8, 4) is 5.82 Å². The predicted octanol–water partition coefficient (Wildman–Crippen LogP) is 1.84. The van der Waals surface area contributed by atoms with E-state index in [1.807, 2.05) is 12.3 Å². The molecule has 0 spiro atoms. The van der Waals surface area contributed by atoms with E-state index in [2.05, 4.69) is 20.6 Å². The molecule has 8 heteroatoms. The molecule has 3 rings (SSSR count). The van der Waals surface area contributed by atoms with E-state index in [0.717, 1.165) is 25.5 Å². The first-order valence-corrected chi connectivity index (χ1v) is 7.26. The molecule has 1 amide bonds. The number of carbonyl (C=O) groups excluding carboxylic acids is 1. The minimum atomic E-state index is -0.0646. The largest absolute Gasteiger partial charge is 0.352 e. The Balaban J connectivity index is 0.00000132. The lowest BCUT2D eigenvalue weighted by Crippen LogP contribution is -2.38. The third-order valence-electron chi connectivity index (χ3n) is 3.73. The molecule has 2 N–H and O–H groups in total. The van der Waals surface area contributed by atoms with Crippen LogP contribution in [-0.4, -0.2) is 40.1 Å². The van der Waals surface area contributed by atoms with Crippen molar-refractivity contribution >= 4 is 30.7 Å². The number of nitrogens with one attached hydrogen (secondary N) is 2. The Morgan fingerprint density at radius 2 is 2.26 bits per heavy atom. The van der Waals surface area contributed by atoms with Gasteiger partial charge in [-0.15, -0.1) is 24.8 Å². The Bertz CT molecular complexity index is 582. The number of carbonyl (C=O) groups is 1. The van der Waals surface area contributed by atoms with Gasteiger partial charge in [-0.3, -0.25) is 9.36 Å². The van der Waals surface area contributed by atoms with Crippen LogP contribution in [0, 0.1) is 5.92 Å². The van der Waals surface area contributed by atoms with Gasteiger partial charge in [-0.2, -0.15) is 0 Å². The van der Waals surface area contributed by atoms with E-state index in [9.17, 15) is 4.79 Å². The molecule has 0 radical (unpaired) electrons. The fourth-order valence-electron chi connectivity index (χ4n) is 2.51. The molecular weight excluding hydrogens is 337 g/mol. The lowest BCUT2D eigenvalue weighted by atomic mass is 10.00. The van der Waals surface area contributed by atoms with E-state index in [4.69, 9.17) is 0 Å². The molecule has 3 heterocycles. The molecule has 1 unspecified atom stereocenters. The summed E-state index contributed by atoms with van der Waals surface area (Å²) in [6.45, 7) is 2.79. The first-order chi connectivity index (χ1) is 10.3. The van der Waals surface area contributed by atoms with Gasteiger partial charge in [-0.05, 0) is 44.0 Å². The third-order valence-corrected chi connectivity index (χ3v) is 3.73. The van der Waals surface area contributed by atoms with Gasteiger partial charge in [0.25, 0.3) is 5.91 Å². The second-order valence-corrected chi connectivity index (χ2v) is 5.30. The normalized spacial score (nSPS) is 16.8. The molecule has 1 aliphatic heterocycles. The average Bonchev–Trinajstić information content (AvgIpc) is 3.08. The fourth-order valence-corrected chi connectivity index (χ4v) is 2.51. The van der Waals surface area contributed by atoms with E-state index < -0.39 is 0 Å². The van der Waals surface area contributed by atoms with Gasteiger partial charge in [-0.1, -0.05) is 0 Å². The van der Waals surface area contributed by atoms with Gasteiger partial charge in [0.05, 0.1) is 5.56 Å². The highest BCUT2D eigenvalue weighted by Crippen LogP contribution is 2.09. The smallest absolute Gasteiger partial charge is 0.252 e. The van der Waals surface area contributed by atoms with Crippen LogP contribution < -0.4 is 10.6 Å². The number of hydrogen-bond donors (Lipinski definition) is 2. The summed E-state index contributed by atoms with van der Waals surface area (Å²) in [6, 6.07) is 3.61. The molecule has 0 aliphatic carbocycles. The number of amides is 1. The van der Waals surface area contributed by atoms with Gasteiger partial charge in [0, 0.05) is 25.1 Å². The number of piperidine rings is 1. The first-order valence-electron chi connectivity index (χ1n) is 7.26. The van der Waals surface area contributed by atoms with Crippen molar-refractivity contribution in [2.45, 2.75) is 12.8 Å². The van der Waals surface area contributed by atoms with Crippen LogP contribution in [0.5, 0.6) is 0 Å². The lowest BCUT2D eigenvalue weighted by Gasteiger charge is -2.22. The molecule has 0 saturated carbocycles. The number of nitrogens with zero attached hydrogens (tertiary/aromatic N) is 3. The monoisotopic (exact) mass is 357 g/mol. The summed E-state index contributed by atoms with van der Waals surface area (Å²) in [5.74, 6) is 1.21. The summed E-state index contributed by atoms with van der Waals surface area (Å²) >= 11 is 0. The Morgan fingerprint density at radius 1 is 1.39 bits per heavy atom. The Labute approximate surface area is 147 Å². The molecule has 1 aliphatic rings. The minimum Gasteiger partial charge on any atom is -0.352 e. The Hall–Kier alpha value is -1.63. The zero-order valence-electron chi connectivity index (χ0n) is 12.6. The zero-order chi connectivity index (χ0) is 14.5. The number of pyridine rings is 1. The highest BCUT2D eigenvalue weighted by molar-refractivity contribution is 5.93. The molecule has 23 heavy (non-hydrogen) atoms. The molecule has 1 fully saturated rings. The predicted molar refractivity (Wildman–Crippen MR) is 93.8 cm³/mol. The highest BCUT2D eigenvalue weighted by atomic mass is 35.5. The number of aromatic nitrogens is 3. The van der Waals surface area contributed by atoms with Gasteiger partial charge < -0.3 is 10.6 Å². The summed E-state index contributed by atoms with van der Waals surface area (Å²) in [4.78, 5) is 20.4. The summed E-state index contributed by atoms with van der Waals surface area (Å²) in [7, 11) is 0. The van der Waals surface area contributed by atoms with E-state index in [-0.39, 0.29) is 30.7 Å². The van der Waals surface area contributed by atoms with Crippen LogP contribution in [0.1, 0.15) is 23.2 Å². The van der Waals surface area contributed by atoms with Crippen molar-refractivity contribution < 1.29 is 4.79 Å².